The summed E-state index contributed by atoms with van der Waals surface area (Å²) in [4.78, 5) is 12.5. The Hall–Kier alpha value is -3.06. The van der Waals surface area contributed by atoms with Crippen LogP contribution in [-0.4, -0.2) is 27.8 Å². The predicted molar refractivity (Wildman–Crippen MR) is 108 cm³/mol. The third kappa shape index (κ3) is 4.68. The summed E-state index contributed by atoms with van der Waals surface area (Å²) in [5.74, 6) is 1.61. The molecule has 2 aromatic carbocycles. The standard InChI is InChI=1S/C21H21ClN4O3/c1-28-19-10-15(4-9-18(19)29-12-14-2-5-16(22)6-3-14)21(27)23-11-20-25-24-13-26(20)17-7-8-17/h2-6,9-10,13,17H,7-8,11-12H2,1H3,(H,23,27). The number of benzene rings is 2. The molecule has 4 rings (SSSR count). The molecule has 7 nitrogen and oxygen atoms in total. The Morgan fingerprint density at radius 3 is 2.72 bits per heavy atom. The average Bonchev–Trinajstić information content (AvgIpc) is 3.49. The van der Waals surface area contributed by atoms with Gasteiger partial charge in [-0.3, -0.25) is 4.79 Å². The van der Waals surface area contributed by atoms with Crippen molar-refractivity contribution in [1.82, 2.24) is 20.1 Å². The van der Waals surface area contributed by atoms with Gasteiger partial charge in [0.25, 0.3) is 5.91 Å². The van der Waals surface area contributed by atoms with Crippen LogP contribution in [0.25, 0.3) is 0 Å². The molecule has 1 aliphatic carbocycles. The summed E-state index contributed by atoms with van der Waals surface area (Å²) in [5.41, 5.74) is 1.47. The van der Waals surface area contributed by atoms with E-state index in [1.54, 1.807) is 31.6 Å². The number of carbonyl (C=O) groups is 1. The van der Waals surface area contributed by atoms with Gasteiger partial charge in [0.05, 0.1) is 13.7 Å². The van der Waals surface area contributed by atoms with E-state index < -0.39 is 0 Å². The van der Waals surface area contributed by atoms with E-state index in [1.807, 2.05) is 28.8 Å². The van der Waals surface area contributed by atoms with Crippen molar-refractivity contribution in [2.45, 2.75) is 32.0 Å². The normalized spacial score (nSPS) is 13.2. The second kappa shape index (κ2) is 8.53. The second-order valence-corrected chi connectivity index (χ2v) is 7.29. The van der Waals surface area contributed by atoms with Crippen LogP contribution in [0.3, 0.4) is 0 Å². The molecule has 0 radical (unpaired) electrons. The number of methoxy groups -OCH3 is 1. The van der Waals surface area contributed by atoms with Gasteiger partial charge in [0.15, 0.2) is 17.3 Å². The molecule has 0 saturated heterocycles. The van der Waals surface area contributed by atoms with Gasteiger partial charge < -0.3 is 19.4 Å². The molecule has 0 aliphatic heterocycles. The summed E-state index contributed by atoms with van der Waals surface area (Å²) in [5, 5.41) is 11.6. The highest BCUT2D eigenvalue weighted by Gasteiger charge is 2.26. The van der Waals surface area contributed by atoms with Gasteiger partial charge in [-0.25, -0.2) is 0 Å². The van der Waals surface area contributed by atoms with Crippen LogP contribution in [0.5, 0.6) is 11.5 Å². The van der Waals surface area contributed by atoms with Crippen molar-refractivity contribution >= 4 is 17.5 Å². The summed E-state index contributed by atoms with van der Waals surface area (Å²) < 4.78 is 13.3. The molecule has 1 heterocycles. The maximum Gasteiger partial charge on any atom is 0.251 e. The molecule has 1 aliphatic rings. The Bertz CT molecular complexity index is 999. The number of hydrogen-bond donors (Lipinski definition) is 1. The lowest BCUT2D eigenvalue weighted by atomic mass is 10.2. The number of nitrogens with one attached hydrogen (secondary N) is 1. The summed E-state index contributed by atoms with van der Waals surface area (Å²) in [6.07, 6.45) is 3.98. The molecule has 1 saturated carbocycles. The van der Waals surface area contributed by atoms with Crippen LogP contribution >= 0.6 is 11.6 Å². The Morgan fingerprint density at radius 1 is 1.21 bits per heavy atom. The molecule has 3 aromatic rings. The first kappa shape index (κ1) is 19.3. The number of hydrogen-bond acceptors (Lipinski definition) is 5. The molecule has 0 atom stereocenters. The lowest BCUT2D eigenvalue weighted by molar-refractivity contribution is 0.0949. The molecular weight excluding hydrogens is 392 g/mol. The van der Waals surface area contributed by atoms with E-state index in [1.165, 1.54) is 0 Å². The van der Waals surface area contributed by atoms with E-state index in [2.05, 4.69) is 15.5 Å². The smallest absolute Gasteiger partial charge is 0.251 e. The van der Waals surface area contributed by atoms with Crippen LogP contribution in [0.1, 0.15) is 40.6 Å². The quantitative estimate of drug-likeness (QED) is 0.609. The highest BCUT2D eigenvalue weighted by Crippen LogP contribution is 2.35. The highest BCUT2D eigenvalue weighted by molar-refractivity contribution is 6.30. The number of carbonyl (C=O) groups excluding carboxylic acids is 1. The molecule has 1 amide bonds. The van der Waals surface area contributed by atoms with Gasteiger partial charge in [0, 0.05) is 16.6 Å². The van der Waals surface area contributed by atoms with Crippen molar-refractivity contribution in [1.29, 1.82) is 0 Å². The average molecular weight is 413 g/mol. The zero-order valence-electron chi connectivity index (χ0n) is 16.0. The molecule has 1 N–H and O–H groups in total. The summed E-state index contributed by atoms with van der Waals surface area (Å²) in [6, 6.07) is 13.0. The fraction of sp³-hybridized carbons (Fsp3) is 0.286. The van der Waals surface area contributed by atoms with Gasteiger partial charge in [-0.15, -0.1) is 10.2 Å². The fourth-order valence-electron chi connectivity index (χ4n) is 2.98. The van der Waals surface area contributed by atoms with Crippen molar-refractivity contribution < 1.29 is 14.3 Å². The number of aromatic nitrogens is 3. The van der Waals surface area contributed by atoms with Gasteiger partial charge >= 0.3 is 0 Å². The van der Waals surface area contributed by atoms with Gasteiger partial charge in [0.1, 0.15) is 12.9 Å². The molecule has 0 spiro atoms. The third-order valence-electron chi connectivity index (χ3n) is 4.73. The summed E-state index contributed by atoms with van der Waals surface area (Å²) in [7, 11) is 1.55. The maximum absolute atomic E-state index is 12.5. The molecule has 29 heavy (non-hydrogen) atoms. The Morgan fingerprint density at radius 2 is 2.00 bits per heavy atom. The van der Waals surface area contributed by atoms with Crippen molar-refractivity contribution in [3.8, 4) is 11.5 Å². The molecule has 0 bridgehead atoms. The van der Waals surface area contributed by atoms with Crippen molar-refractivity contribution in [3.63, 3.8) is 0 Å². The number of halogens is 1. The van der Waals surface area contributed by atoms with Crippen molar-refractivity contribution in [2.75, 3.05) is 7.11 Å². The van der Waals surface area contributed by atoms with Crippen LogP contribution in [0.2, 0.25) is 5.02 Å². The second-order valence-electron chi connectivity index (χ2n) is 6.85. The van der Waals surface area contributed by atoms with Crippen molar-refractivity contribution in [3.05, 3.63) is 70.8 Å². The van der Waals surface area contributed by atoms with E-state index in [4.69, 9.17) is 21.1 Å². The minimum atomic E-state index is -0.210. The Labute approximate surface area is 173 Å². The van der Waals surface area contributed by atoms with E-state index in [9.17, 15) is 4.79 Å². The minimum Gasteiger partial charge on any atom is -0.493 e. The molecule has 1 aromatic heterocycles. The molecule has 150 valence electrons. The number of nitrogens with zero attached hydrogens (tertiary/aromatic N) is 3. The van der Waals surface area contributed by atoms with Gasteiger partial charge in [-0.05, 0) is 48.7 Å². The summed E-state index contributed by atoms with van der Waals surface area (Å²) >= 11 is 5.90. The first-order chi connectivity index (χ1) is 14.1. The first-order valence-electron chi connectivity index (χ1n) is 9.36. The molecule has 0 unspecified atom stereocenters. The van der Waals surface area contributed by atoms with Crippen LogP contribution in [0.4, 0.5) is 0 Å². The van der Waals surface area contributed by atoms with E-state index in [-0.39, 0.29) is 5.91 Å². The first-order valence-corrected chi connectivity index (χ1v) is 9.73. The minimum absolute atomic E-state index is 0.210. The van der Waals surface area contributed by atoms with Crippen LogP contribution in [0, 0.1) is 0 Å². The van der Waals surface area contributed by atoms with E-state index in [0.29, 0.717) is 41.3 Å². The SMILES string of the molecule is COc1cc(C(=O)NCc2nncn2C2CC2)ccc1OCc1ccc(Cl)cc1. The molecule has 1 fully saturated rings. The lowest BCUT2D eigenvalue weighted by Gasteiger charge is -2.13. The van der Waals surface area contributed by atoms with E-state index >= 15 is 0 Å². The Kier molecular flexibility index (Phi) is 5.67. The zero-order chi connectivity index (χ0) is 20.2. The number of ether oxygens (including phenoxy) is 2. The number of rotatable bonds is 8. The number of amides is 1. The molecular formula is C21H21ClN4O3. The predicted octanol–water partition coefficient (Wildman–Crippen LogP) is 3.78. The maximum atomic E-state index is 12.5. The summed E-state index contributed by atoms with van der Waals surface area (Å²) in [6.45, 7) is 0.697. The lowest BCUT2D eigenvalue weighted by Crippen LogP contribution is -2.24. The topological polar surface area (TPSA) is 78.3 Å². The largest absolute Gasteiger partial charge is 0.493 e. The van der Waals surface area contributed by atoms with Crippen LogP contribution in [0.15, 0.2) is 48.8 Å². The monoisotopic (exact) mass is 412 g/mol. The molecule has 8 heteroatoms. The Balaban J connectivity index is 1.39. The van der Waals surface area contributed by atoms with Crippen molar-refractivity contribution in [2.24, 2.45) is 0 Å². The van der Waals surface area contributed by atoms with Crippen LogP contribution in [-0.2, 0) is 13.2 Å². The van der Waals surface area contributed by atoms with E-state index in [0.717, 1.165) is 24.2 Å². The fourth-order valence-corrected chi connectivity index (χ4v) is 3.11. The van der Waals surface area contributed by atoms with Gasteiger partial charge in [0.2, 0.25) is 0 Å². The van der Waals surface area contributed by atoms with Crippen LogP contribution < -0.4 is 14.8 Å². The zero-order valence-corrected chi connectivity index (χ0v) is 16.7. The van der Waals surface area contributed by atoms with Gasteiger partial charge in [-0.1, -0.05) is 23.7 Å². The third-order valence-corrected chi connectivity index (χ3v) is 4.98. The van der Waals surface area contributed by atoms with Gasteiger partial charge in [-0.2, -0.15) is 0 Å². The highest BCUT2D eigenvalue weighted by atomic mass is 35.5.